The zero-order chi connectivity index (χ0) is 21.2. The van der Waals surface area contributed by atoms with Gasteiger partial charge in [0.05, 0.1) is 22.5 Å². The van der Waals surface area contributed by atoms with Crippen molar-refractivity contribution in [3.8, 4) is 16.5 Å². The fourth-order valence-electron chi connectivity index (χ4n) is 3.74. The number of ether oxygens (including phenoxy) is 2. The molecule has 3 aromatic heterocycles. The summed E-state index contributed by atoms with van der Waals surface area (Å²) in [7, 11) is 1.68. The van der Waals surface area contributed by atoms with Crippen LogP contribution in [0.15, 0.2) is 36.7 Å². The van der Waals surface area contributed by atoms with E-state index >= 15 is 0 Å². The molecule has 4 aromatic rings. The van der Waals surface area contributed by atoms with Gasteiger partial charge in [-0.05, 0) is 25.0 Å². The van der Waals surface area contributed by atoms with Gasteiger partial charge in [0.1, 0.15) is 6.61 Å². The average Bonchev–Trinajstić information content (AvgIpc) is 3.40. The van der Waals surface area contributed by atoms with Crippen molar-refractivity contribution < 1.29 is 9.47 Å². The van der Waals surface area contributed by atoms with Crippen LogP contribution in [-0.2, 0) is 11.2 Å². The molecule has 0 bridgehead atoms. The van der Waals surface area contributed by atoms with Crippen LogP contribution in [0.2, 0.25) is 0 Å². The molecule has 9 heteroatoms. The number of aromatic nitrogens is 4. The largest absolute Gasteiger partial charge is 0.484 e. The lowest BCUT2D eigenvalue weighted by Gasteiger charge is -2.27. The number of fused-ring (bicyclic) bond motifs is 2. The molecule has 1 aromatic carbocycles. The maximum atomic E-state index is 6.03. The van der Waals surface area contributed by atoms with Crippen molar-refractivity contribution in [3.63, 3.8) is 0 Å². The van der Waals surface area contributed by atoms with E-state index in [1.165, 1.54) is 10.9 Å². The molecule has 1 atom stereocenters. The highest BCUT2D eigenvalue weighted by Crippen LogP contribution is 2.37. The fourth-order valence-corrected chi connectivity index (χ4v) is 4.46. The second-order valence-electron chi connectivity index (χ2n) is 7.46. The first-order chi connectivity index (χ1) is 15.2. The van der Waals surface area contributed by atoms with E-state index < -0.39 is 0 Å². The van der Waals surface area contributed by atoms with Gasteiger partial charge in [0.2, 0.25) is 5.75 Å². The van der Waals surface area contributed by atoms with E-state index in [1.807, 2.05) is 19.2 Å². The third kappa shape index (κ3) is 4.06. The van der Waals surface area contributed by atoms with E-state index in [-0.39, 0.29) is 6.04 Å². The van der Waals surface area contributed by atoms with Crippen molar-refractivity contribution in [2.75, 3.05) is 37.5 Å². The number of rotatable bonds is 7. The second kappa shape index (κ2) is 8.52. The Bertz CT molecular complexity index is 1200. The number of methoxy groups -OCH3 is 1. The highest BCUT2D eigenvalue weighted by molar-refractivity contribution is 7.14. The van der Waals surface area contributed by atoms with E-state index in [1.54, 1.807) is 18.4 Å². The van der Waals surface area contributed by atoms with Crippen LogP contribution in [0.1, 0.15) is 10.6 Å². The Morgan fingerprint density at radius 3 is 3.03 bits per heavy atom. The van der Waals surface area contributed by atoms with Crippen LogP contribution < -0.4 is 15.4 Å². The maximum Gasteiger partial charge on any atom is 0.204 e. The Hall–Kier alpha value is -3.17. The fraction of sp³-hybridized carbons (Fsp3) is 0.318. The van der Waals surface area contributed by atoms with Gasteiger partial charge in [-0.1, -0.05) is 18.2 Å². The molecular formula is C22H24N6O2S. The average molecular weight is 437 g/mol. The number of hydrogen-bond acceptors (Lipinski definition) is 8. The summed E-state index contributed by atoms with van der Waals surface area (Å²) >= 11 is 1.57. The minimum Gasteiger partial charge on any atom is -0.484 e. The summed E-state index contributed by atoms with van der Waals surface area (Å²) in [6, 6.07) is 8.38. The quantitative estimate of drug-likeness (QED) is 0.405. The lowest BCUT2D eigenvalue weighted by Crippen LogP contribution is -2.36. The summed E-state index contributed by atoms with van der Waals surface area (Å²) < 4.78 is 11.3. The number of aryl methyl sites for hydroxylation is 1. The highest BCUT2D eigenvalue weighted by Gasteiger charge is 2.25. The lowest BCUT2D eigenvalue weighted by atomic mass is 10.1. The Balaban J connectivity index is 1.40. The number of nitrogens with zero attached hydrogens (tertiary/aromatic N) is 3. The molecule has 8 nitrogen and oxygen atoms in total. The van der Waals surface area contributed by atoms with Gasteiger partial charge in [-0.2, -0.15) is 0 Å². The van der Waals surface area contributed by atoms with E-state index in [4.69, 9.17) is 19.4 Å². The maximum absolute atomic E-state index is 6.03. The summed E-state index contributed by atoms with van der Waals surface area (Å²) in [4.78, 5) is 18.1. The molecule has 160 valence electrons. The van der Waals surface area contributed by atoms with Crippen molar-refractivity contribution in [2.24, 2.45) is 0 Å². The number of aromatic amines is 1. The number of nitrogens with one attached hydrogen (secondary N) is 3. The lowest BCUT2D eigenvalue weighted by molar-refractivity contribution is 0.154. The van der Waals surface area contributed by atoms with Crippen molar-refractivity contribution in [2.45, 2.75) is 19.4 Å². The van der Waals surface area contributed by atoms with Crippen LogP contribution in [-0.4, -0.2) is 52.8 Å². The molecular weight excluding hydrogens is 412 g/mol. The Kier molecular flexibility index (Phi) is 5.44. The van der Waals surface area contributed by atoms with Crippen molar-refractivity contribution in [3.05, 3.63) is 47.2 Å². The van der Waals surface area contributed by atoms with Crippen LogP contribution in [0.25, 0.3) is 21.6 Å². The number of H-pyrrole nitrogens is 1. The molecule has 5 rings (SSSR count). The van der Waals surface area contributed by atoms with Crippen molar-refractivity contribution >= 4 is 33.9 Å². The second-order valence-corrected chi connectivity index (χ2v) is 8.70. The van der Waals surface area contributed by atoms with E-state index in [0.717, 1.165) is 28.4 Å². The monoisotopic (exact) mass is 436 g/mol. The van der Waals surface area contributed by atoms with Gasteiger partial charge in [-0.15, -0.1) is 11.3 Å². The summed E-state index contributed by atoms with van der Waals surface area (Å²) in [5, 5.41) is 9.11. The molecule has 0 amide bonds. The predicted molar refractivity (Wildman–Crippen MR) is 123 cm³/mol. The molecule has 0 unspecified atom stereocenters. The van der Waals surface area contributed by atoms with Crippen LogP contribution in [0.5, 0.6) is 5.75 Å². The van der Waals surface area contributed by atoms with E-state index in [9.17, 15) is 0 Å². The summed E-state index contributed by atoms with van der Waals surface area (Å²) in [5.74, 6) is 2.65. The third-order valence-electron chi connectivity index (χ3n) is 5.21. The molecule has 0 spiro atoms. The SMILES string of the molecule is COC[C@@H]1COc2c(NCCc3c[nH]c4ccccc34)nc(-c3cnc(C)s3)nc2N1. The normalized spacial score (nSPS) is 15.4. The zero-order valence-electron chi connectivity index (χ0n) is 17.4. The molecule has 0 radical (unpaired) electrons. The standard InChI is InChI=1S/C22H24N6O2S/c1-13-24-10-18(31-13)20-27-21(19-22(28-20)26-15(11-29-2)12-30-19)23-8-7-14-9-25-17-6-4-3-5-16(14)17/h3-6,9-10,15,25H,7-8,11-12H2,1-2H3,(H2,23,26,27,28)/t15-/m1/s1. The van der Waals surface area contributed by atoms with Gasteiger partial charge < -0.3 is 25.1 Å². The molecule has 0 saturated heterocycles. The summed E-state index contributed by atoms with van der Waals surface area (Å²) in [6.07, 6.45) is 4.74. The zero-order valence-corrected chi connectivity index (χ0v) is 18.3. The molecule has 31 heavy (non-hydrogen) atoms. The van der Waals surface area contributed by atoms with Gasteiger partial charge in [-0.25, -0.2) is 15.0 Å². The molecule has 3 N–H and O–H groups in total. The van der Waals surface area contributed by atoms with E-state index in [2.05, 4.69) is 45.0 Å². The Morgan fingerprint density at radius 2 is 2.19 bits per heavy atom. The van der Waals surface area contributed by atoms with Gasteiger partial charge >= 0.3 is 0 Å². The van der Waals surface area contributed by atoms with Crippen molar-refractivity contribution in [1.82, 2.24) is 19.9 Å². The first kappa shape index (κ1) is 19.8. The van der Waals surface area contributed by atoms with Crippen LogP contribution in [0.3, 0.4) is 0 Å². The number of benzene rings is 1. The molecule has 1 aliphatic heterocycles. The molecule has 0 aliphatic carbocycles. The number of hydrogen-bond donors (Lipinski definition) is 3. The van der Waals surface area contributed by atoms with Gasteiger partial charge in [0, 0.05) is 37.0 Å². The minimum atomic E-state index is 0.0440. The van der Waals surface area contributed by atoms with Gasteiger partial charge in [-0.3, -0.25) is 0 Å². The van der Waals surface area contributed by atoms with Crippen LogP contribution >= 0.6 is 11.3 Å². The first-order valence-electron chi connectivity index (χ1n) is 10.2. The number of anilines is 2. The molecule has 4 heterocycles. The smallest absolute Gasteiger partial charge is 0.204 e. The molecule has 0 fully saturated rings. The predicted octanol–water partition coefficient (Wildman–Crippen LogP) is 3.86. The highest BCUT2D eigenvalue weighted by atomic mass is 32.1. The minimum absolute atomic E-state index is 0.0440. The number of thiazole rings is 1. The van der Waals surface area contributed by atoms with Crippen molar-refractivity contribution in [1.29, 1.82) is 0 Å². The summed E-state index contributed by atoms with van der Waals surface area (Å²) in [6.45, 7) is 3.74. The Morgan fingerprint density at radius 1 is 1.29 bits per heavy atom. The van der Waals surface area contributed by atoms with Gasteiger partial charge in [0.25, 0.3) is 0 Å². The number of para-hydroxylation sites is 1. The van der Waals surface area contributed by atoms with Crippen LogP contribution in [0, 0.1) is 6.92 Å². The van der Waals surface area contributed by atoms with E-state index in [0.29, 0.717) is 36.4 Å². The van der Waals surface area contributed by atoms with Crippen LogP contribution in [0.4, 0.5) is 11.6 Å². The molecule has 1 aliphatic rings. The molecule has 0 saturated carbocycles. The first-order valence-corrected chi connectivity index (χ1v) is 11.0. The summed E-state index contributed by atoms with van der Waals surface area (Å²) in [5.41, 5.74) is 2.42. The topological polar surface area (TPSA) is 97.0 Å². The Labute approximate surface area is 184 Å². The van der Waals surface area contributed by atoms with Gasteiger partial charge in [0.15, 0.2) is 17.5 Å². The third-order valence-corrected chi connectivity index (χ3v) is 6.12.